The molecule has 1 amide bonds. The molecule has 0 bridgehead atoms. The topological polar surface area (TPSA) is 38.8 Å². The molecule has 1 saturated heterocycles. The lowest BCUT2D eigenvalue weighted by molar-refractivity contribution is -0.134. The van der Waals surface area contributed by atoms with Gasteiger partial charge in [-0.25, -0.2) is 0 Å². The van der Waals surface area contributed by atoms with Gasteiger partial charge in [0.2, 0.25) is 0 Å². The van der Waals surface area contributed by atoms with E-state index in [4.69, 9.17) is 9.47 Å². The van der Waals surface area contributed by atoms with Crippen LogP contribution in [-0.4, -0.2) is 31.1 Å². The minimum absolute atomic E-state index is 0.0393. The van der Waals surface area contributed by atoms with E-state index in [1.165, 1.54) is 0 Å². The van der Waals surface area contributed by atoms with Crippen LogP contribution in [-0.2, 0) is 4.79 Å². The van der Waals surface area contributed by atoms with Crippen molar-refractivity contribution in [1.29, 1.82) is 0 Å². The molecule has 1 fully saturated rings. The molecular formula is C21H25NO3. The van der Waals surface area contributed by atoms with Gasteiger partial charge in [-0.2, -0.15) is 0 Å². The molecule has 4 heteroatoms. The number of amides is 1. The summed E-state index contributed by atoms with van der Waals surface area (Å²) in [5, 5.41) is 0. The maximum Gasteiger partial charge on any atom is 0.261 e. The second-order valence-electron chi connectivity index (χ2n) is 6.63. The fourth-order valence-corrected chi connectivity index (χ4v) is 3.48. The van der Waals surface area contributed by atoms with Crippen LogP contribution in [0.2, 0.25) is 0 Å². The summed E-state index contributed by atoms with van der Waals surface area (Å²) in [4.78, 5) is 14.6. The molecule has 2 aromatic rings. The number of carbonyl (C=O) groups excluding carboxylic acids is 1. The van der Waals surface area contributed by atoms with E-state index in [2.05, 4.69) is 6.07 Å². The minimum Gasteiger partial charge on any atom is -0.497 e. The number of hydrogen-bond donors (Lipinski definition) is 0. The standard InChI is InChI=1S/C21H25NO3/c1-15-11-16(2)13-19(12-15)25-14-21(23)22-10-4-5-20(22)17-6-8-18(24-3)9-7-17/h6-9,11-13,20H,4-5,10,14H2,1-3H3/t20-/m1/s1. The molecule has 4 nitrogen and oxygen atoms in total. The Morgan fingerprint density at radius 1 is 1.08 bits per heavy atom. The van der Waals surface area contributed by atoms with Gasteiger partial charge in [0.1, 0.15) is 11.5 Å². The maximum atomic E-state index is 12.7. The van der Waals surface area contributed by atoms with Crippen molar-refractivity contribution in [3.63, 3.8) is 0 Å². The SMILES string of the molecule is COc1ccc([C@H]2CCCN2C(=O)COc2cc(C)cc(C)c2)cc1. The van der Waals surface area contributed by atoms with Crippen LogP contribution in [0.15, 0.2) is 42.5 Å². The van der Waals surface area contributed by atoms with Crippen molar-refractivity contribution >= 4 is 5.91 Å². The van der Waals surface area contributed by atoms with Crippen molar-refractivity contribution in [1.82, 2.24) is 4.90 Å². The highest BCUT2D eigenvalue weighted by Crippen LogP contribution is 2.32. The van der Waals surface area contributed by atoms with Crippen LogP contribution in [0.25, 0.3) is 0 Å². The van der Waals surface area contributed by atoms with Crippen LogP contribution in [0.4, 0.5) is 0 Å². The highest BCUT2D eigenvalue weighted by atomic mass is 16.5. The van der Waals surface area contributed by atoms with Crippen molar-refractivity contribution in [2.45, 2.75) is 32.7 Å². The highest BCUT2D eigenvalue weighted by molar-refractivity contribution is 5.78. The van der Waals surface area contributed by atoms with Crippen molar-refractivity contribution in [3.8, 4) is 11.5 Å². The number of ether oxygens (including phenoxy) is 2. The molecular weight excluding hydrogens is 314 g/mol. The summed E-state index contributed by atoms with van der Waals surface area (Å²) < 4.78 is 11.0. The number of methoxy groups -OCH3 is 1. The van der Waals surface area contributed by atoms with Crippen LogP contribution in [0.3, 0.4) is 0 Å². The first kappa shape index (κ1) is 17.3. The number of likely N-dealkylation sites (tertiary alicyclic amines) is 1. The predicted octanol–water partition coefficient (Wildman–Crippen LogP) is 4.05. The van der Waals surface area contributed by atoms with Crippen molar-refractivity contribution in [3.05, 3.63) is 59.2 Å². The Bertz CT molecular complexity index is 719. The zero-order valence-corrected chi connectivity index (χ0v) is 15.1. The van der Waals surface area contributed by atoms with Crippen LogP contribution in [0.1, 0.15) is 35.6 Å². The van der Waals surface area contributed by atoms with Gasteiger partial charge >= 0.3 is 0 Å². The van der Waals surface area contributed by atoms with E-state index >= 15 is 0 Å². The molecule has 132 valence electrons. The van der Waals surface area contributed by atoms with Crippen LogP contribution >= 0.6 is 0 Å². The lowest BCUT2D eigenvalue weighted by atomic mass is 10.0. The third kappa shape index (κ3) is 4.13. The Morgan fingerprint density at radius 2 is 1.76 bits per heavy atom. The predicted molar refractivity (Wildman–Crippen MR) is 98.1 cm³/mol. The van der Waals surface area contributed by atoms with Crippen LogP contribution in [0.5, 0.6) is 11.5 Å². The van der Waals surface area contributed by atoms with Gasteiger partial charge in [-0.1, -0.05) is 18.2 Å². The second-order valence-corrected chi connectivity index (χ2v) is 6.63. The molecule has 0 aromatic heterocycles. The van der Waals surface area contributed by atoms with E-state index < -0.39 is 0 Å². The molecule has 0 N–H and O–H groups in total. The van der Waals surface area contributed by atoms with E-state index in [1.807, 2.05) is 55.1 Å². The van der Waals surface area contributed by atoms with Gasteiger partial charge < -0.3 is 14.4 Å². The van der Waals surface area contributed by atoms with Crippen molar-refractivity contribution in [2.75, 3.05) is 20.3 Å². The summed E-state index contributed by atoms with van der Waals surface area (Å²) in [6.45, 7) is 4.92. The zero-order valence-electron chi connectivity index (χ0n) is 15.1. The average molecular weight is 339 g/mol. The van der Waals surface area contributed by atoms with Gasteiger partial charge in [0, 0.05) is 6.54 Å². The van der Waals surface area contributed by atoms with Crippen molar-refractivity contribution < 1.29 is 14.3 Å². The Morgan fingerprint density at radius 3 is 2.40 bits per heavy atom. The van der Waals surface area contributed by atoms with E-state index in [0.29, 0.717) is 0 Å². The number of hydrogen-bond acceptors (Lipinski definition) is 3. The summed E-state index contributed by atoms with van der Waals surface area (Å²) in [5.41, 5.74) is 3.43. The van der Waals surface area contributed by atoms with Gasteiger partial charge in [0.15, 0.2) is 6.61 Å². The molecule has 1 aliphatic rings. The molecule has 0 aliphatic carbocycles. The maximum absolute atomic E-state index is 12.7. The highest BCUT2D eigenvalue weighted by Gasteiger charge is 2.30. The monoisotopic (exact) mass is 339 g/mol. The van der Waals surface area contributed by atoms with E-state index in [0.717, 1.165) is 47.6 Å². The lowest BCUT2D eigenvalue weighted by Gasteiger charge is -2.25. The Labute approximate surface area is 149 Å². The first-order valence-electron chi connectivity index (χ1n) is 8.71. The average Bonchev–Trinajstić information content (AvgIpc) is 3.09. The number of nitrogens with zero attached hydrogens (tertiary/aromatic N) is 1. The quantitative estimate of drug-likeness (QED) is 0.825. The third-order valence-corrected chi connectivity index (χ3v) is 4.63. The van der Waals surface area contributed by atoms with E-state index in [-0.39, 0.29) is 18.6 Å². The lowest BCUT2D eigenvalue weighted by Crippen LogP contribution is -2.34. The smallest absolute Gasteiger partial charge is 0.261 e. The summed E-state index contributed by atoms with van der Waals surface area (Å²) in [5.74, 6) is 1.63. The van der Waals surface area contributed by atoms with Crippen molar-refractivity contribution in [2.24, 2.45) is 0 Å². The largest absolute Gasteiger partial charge is 0.497 e. The molecule has 0 saturated carbocycles. The number of carbonyl (C=O) groups is 1. The van der Waals surface area contributed by atoms with Gasteiger partial charge in [0.25, 0.3) is 5.91 Å². The fraction of sp³-hybridized carbons (Fsp3) is 0.381. The number of aryl methyl sites for hydroxylation is 2. The Hall–Kier alpha value is -2.49. The second kappa shape index (κ2) is 7.60. The van der Waals surface area contributed by atoms with Gasteiger partial charge in [-0.3, -0.25) is 4.79 Å². The first-order valence-corrected chi connectivity index (χ1v) is 8.71. The molecule has 1 aliphatic heterocycles. The summed E-state index contributed by atoms with van der Waals surface area (Å²) >= 11 is 0. The normalized spacial score (nSPS) is 16.8. The molecule has 1 heterocycles. The molecule has 1 atom stereocenters. The van der Waals surface area contributed by atoms with Gasteiger partial charge in [-0.15, -0.1) is 0 Å². The Kier molecular flexibility index (Phi) is 5.27. The Balaban J connectivity index is 1.65. The molecule has 3 rings (SSSR count). The first-order chi connectivity index (χ1) is 12.1. The summed E-state index contributed by atoms with van der Waals surface area (Å²) in [6, 6.07) is 14.1. The minimum atomic E-state index is 0.0393. The summed E-state index contributed by atoms with van der Waals surface area (Å²) in [7, 11) is 1.66. The van der Waals surface area contributed by atoms with Gasteiger partial charge in [-0.05, 0) is 67.6 Å². The third-order valence-electron chi connectivity index (χ3n) is 4.63. The van der Waals surface area contributed by atoms with E-state index in [9.17, 15) is 4.79 Å². The molecule has 25 heavy (non-hydrogen) atoms. The molecule has 2 aromatic carbocycles. The summed E-state index contributed by atoms with van der Waals surface area (Å²) in [6.07, 6.45) is 2.01. The zero-order chi connectivity index (χ0) is 17.8. The van der Waals surface area contributed by atoms with Gasteiger partial charge in [0.05, 0.1) is 13.2 Å². The molecule has 0 spiro atoms. The van der Waals surface area contributed by atoms with Crippen LogP contribution in [0, 0.1) is 13.8 Å². The fourth-order valence-electron chi connectivity index (χ4n) is 3.48. The molecule has 0 radical (unpaired) electrons. The van der Waals surface area contributed by atoms with Crippen LogP contribution < -0.4 is 9.47 Å². The number of rotatable bonds is 5. The van der Waals surface area contributed by atoms with E-state index in [1.54, 1.807) is 7.11 Å². The number of benzene rings is 2. The molecule has 0 unspecified atom stereocenters.